The van der Waals surface area contributed by atoms with Crippen molar-refractivity contribution in [2.75, 3.05) is 17.3 Å². The highest BCUT2D eigenvalue weighted by molar-refractivity contribution is 9.09. The van der Waals surface area contributed by atoms with Crippen LogP contribution in [0.15, 0.2) is 24.5 Å². The van der Waals surface area contributed by atoms with Crippen LogP contribution in [0.3, 0.4) is 0 Å². The monoisotopic (exact) mass is 242 g/mol. The van der Waals surface area contributed by atoms with Gasteiger partial charge in [0.25, 0.3) is 0 Å². The maximum absolute atomic E-state index is 11.4. The first-order valence-corrected chi connectivity index (χ1v) is 5.10. The molecule has 1 amide bonds. The first-order chi connectivity index (χ1) is 6.25. The number of carbonyl (C=O) groups is 1. The van der Waals surface area contributed by atoms with Gasteiger partial charge in [-0.15, -0.1) is 0 Å². The van der Waals surface area contributed by atoms with E-state index in [1.54, 1.807) is 24.3 Å². The zero-order chi connectivity index (χ0) is 9.68. The van der Waals surface area contributed by atoms with Crippen molar-refractivity contribution in [2.24, 2.45) is 0 Å². The van der Waals surface area contributed by atoms with Crippen LogP contribution in [-0.2, 0) is 4.79 Å². The molecule has 0 atom stereocenters. The average molecular weight is 243 g/mol. The molecule has 70 valence electrons. The smallest absolute Gasteiger partial charge is 0.227 e. The molecule has 0 aromatic carbocycles. The summed E-state index contributed by atoms with van der Waals surface area (Å²) < 4.78 is 0. The second-order valence-electron chi connectivity index (χ2n) is 2.60. The minimum atomic E-state index is 0.100. The fourth-order valence-electron chi connectivity index (χ4n) is 0.960. The van der Waals surface area contributed by atoms with E-state index >= 15 is 0 Å². The molecule has 0 N–H and O–H groups in total. The van der Waals surface area contributed by atoms with Gasteiger partial charge in [-0.25, -0.2) is 0 Å². The first kappa shape index (κ1) is 10.2. The van der Waals surface area contributed by atoms with E-state index in [0.717, 1.165) is 5.69 Å². The Kier molecular flexibility index (Phi) is 3.89. The van der Waals surface area contributed by atoms with Crippen molar-refractivity contribution < 1.29 is 4.79 Å². The maximum Gasteiger partial charge on any atom is 0.227 e. The summed E-state index contributed by atoms with van der Waals surface area (Å²) in [7, 11) is 1.76. The van der Waals surface area contributed by atoms with Crippen molar-refractivity contribution in [1.29, 1.82) is 0 Å². The van der Waals surface area contributed by atoms with Gasteiger partial charge in [-0.3, -0.25) is 9.78 Å². The van der Waals surface area contributed by atoms with Crippen molar-refractivity contribution in [3.05, 3.63) is 24.5 Å². The first-order valence-electron chi connectivity index (χ1n) is 3.98. The van der Waals surface area contributed by atoms with Gasteiger partial charge in [0.05, 0.1) is 0 Å². The SMILES string of the molecule is CN(C(=O)CCBr)c1ccncc1. The minimum absolute atomic E-state index is 0.100. The summed E-state index contributed by atoms with van der Waals surface area (Å²) in [6, 6.07) is 3.62. The molecule has 0 fully saturated rings. The molecule has 0 aliphatic carbocycles. The molecule has 0 saturated carbocycles. The lowest BCUT2D eigenvalue weighted by atomic mass is 10.3. The number of alkyl halides is 1. The Morgan fingerprint density at radius 1 is 1.54 bits per heavy atom. The van der Waals surface area contributed by atoms with Crippen LogP contribution in [0.4, 0.5) is 5.69 Å². The molecule has 0 unspecified atom stereocenters. The Hall–Kier alpha value is -0.900. The van der Waals surface area contributed by atoms with E-state index in [0.29, 0.717) is 11.8 Å². The van der Waals surface area contributed by atoms with Gasteiger partial charge < -0.3 is 4.90 Å². The molecule has 0 bridgehead atoms. The summed E-state index contributed by atoms with van der Waals surface area (Å²) in [6.45, 7) is 0. The lowest BCUT2D eigenvalue weighted by Crippen LogP contribution is -2.26. The highest BCUT2D eigenvalue weighted by Crippen LogP contribution is 2.10. The Balaban J connectivity index is 2.68. The normalized spacial score (nSPS) is 9.69. The molecule has 0 radical (unpaired) electrons. The van der Waals surface area contributed by atoms with Crippen LogP contribution < -0.4 is 4.90 Å². The number of rotatable bonds is 3. The van der Waals surface area contributed by atoms with E-state index in [4.69, 9.17) is 0 Å². The summed E-state index contributed by atoms with van der Waals surface area (Å²) in [6.07, 6.45) is 3.86. The summed E-state index contributed by atoms with van der Waals surface area (Å²) in [5.74, 6) is 0.100. The third kappa shape index (κ3) is 2.81. The van der Waals surface area contributed by atoms with E-state index in [2.05, 4.69) is 20.9 Å². The van der Waals surface area contributed by atoms with Crippen molar-refractivity contribution in [1.82, 2.24) is 4.98 Å². The van der Waals surface area contributed by atoms with Crippen LogP contribution in [0.5, 0.6) is 0 Å². The standard InChI is InChI=1S/C9H11BrN2O/c1-12(9(13)2-5-10)8-3-6-11-7-4-8/h3-4,6-7H,2,5H2,1H3. The van der Waals surface area contributed by atoms with E-state index in [9.17, 15) is 4.79 Å². The zero-order valence-corrected chi connectivity index (χ0v) is 8.99. The molecule has 1 aromatic heterocycles. The molecule has 0 spiro atoms. The van der Waals surface area contributed by atoms with Crippen LogP contribution in [0.2, 0.25) is 0 Å². The van der Waals surface area contributed by atoms with E-state index < -0.39 is 0 Å². The Bertz CT molecular complexity index is 276. The number of carbonyl (C=O) groups excluding carboxylic acids is 1. The molecule has 13 heavy (non-hydrogen) atoms. The largest absolute Gasteiger partial charge is 0.315 e. The van der Waals surface area contributed by atoms with Crippen LogP contribution in [0.25, 0.3) is 0 Å². The lowest BCUT2D eigenvalue weighted by molar-refractivity contribution is -0.117. The molecule has 1 aromatic rings. The molecular weight excluding hydrogens is 232 g/mol. The molecule has 0 aliphatic rings. The summed E-state index contributed by atoms with van der Waals surface area (Å²) >= 11 is 3.23. The quantitative estimate of drug-likeness (QED) is 0.759. The Labute approximate surface area is 85.9 Å². The van der Waals surface area contributed by atoms with Gasteiger partial charge in [0, 0.05) is 36.9 Å². The van der Waals surface area contributed by atoms with Crippen molar-refractivity contribution in [3.63, 3.8) is 0 Å². The van der Waals surface area contributed by atoms with Crippen molar-refractivity contribution in [3.8, 4) is 0 Å². The fourth-order valence-corrected chi connectivity index (χ4v) is 1.30. The second kappa shape index (κ2) is 4.97. The number of anilines is 1. The highest BCUT2D eigenvalue weighted by Gasteiger charge is 2.08. The van der Waals surface area contributed by atoms with Gasteiger partial charge in [-0.2, -0.15) is 0 Å². The van der Waals surface area contributed by atoms with Crippen LogP contribution >= 0.6 is 15.9 Å². The van der Waals surface area contributed by atoms with Crippen molar-refractivity contribution >= 4 is 27.5 Å². The topological polar surface area (TPSA) is 33.2 Å². The number of aromatic nitrogens is 1. The maximum atomic E-state index is 11.4. The Morgan fingerprint density at radius 2 is 2.15 bits per heavy atom. The summed E-state index contributed by atoms with van der Waals surface area (Å²) in [5, 5.41) is 0.696. The van der Waals surface area contributed by atoms with Crippen molar-refractivity contribution in [2.45, 2.75) is 6.42 Å². The van der Waals surface area contributed by atoms with Gasteiger partial charge in [-0.05, 0) is 12.1 Å². The summed E-state index contributed by atoms with van der Waals surface area (Å²) in [5.41, 5.74) is 0.876. The van der Waals surface area contributed by atoms with E-state index in [1.807, 2.05) is 12.1 Å². The average Bonchev–Trinajstić information content (AvgIpc) is 2.18. The molecule has 4 heteroatoms. The number of pyridine rings is 1. The summed E-state index contributed by atoms with van der Waals surface area (Å²) in [4.78, 5) is 16.9. The molecule has 0 aliphatic heterocycles. The molecular formula is C9H11BrN2O. The van der Waals surface area contributed by atoms with Gasteiger partial charge in [-0.1, -0.05) is 15.9 Å². The van der Waals surface area contributed by atoms with E-state index in [-0.39, 0.29) is 5.91 Å². The third-order valence-corrected chi connectivity index (χ3v) is 2.13. The van der Waals surface area contributed by atoms with Crippen LogP contribution in [-0.4, -0.2) is 23.3 Å². The Morgan fingerprint density at radius 3 is 2.69 bits per heavy atom. The predicted molar refractivity (Wildman–Crippen MR) is 56.1 cm³/mol. The van der Waals surface area contributed by atoms with Gasteiger partial charge in [0.1, 0.15) is 0 Å². The molecule has 1 heterocycles. The van der Waals surface area contributed by atoms with Gasteiger partial charge in [0.15, 0.2) is 0 Å². The number of nitrogens with zero attached hydrogens (tertiary/aromatic N) is 2. The van der Waals surface area contributed by atoms with Gasteiger partial charge >= 0.3 is 0 Å². The lowest BCUT2D eigenvalue weighted by Gasteiger charge is -2.15. The molecule has 3 nitrogen and oxygen atoms in total. The number of halogens is 1. The number of hydrogen-bond donors (Lipinski definition) is 0. The van der Waals surface area contributed by atoms with Gasteiger partial charge in [0.2, 0.25) is 5.91 Å². The minimum Gasteiger partial charge on any atom is -0.315 e. The fraction of sp³-hybridized carbons (Fsp3) is 0.333. The second-order valence-corrected chi connectivity index (χ2v) is 3.39. The highest BCUT2D eigenvalue weighted by atomic mass is 79.9. The molecule has 0 saturated heterocycles. The van der Waals surface area contributed by atoms with Crippen LogP contribution in [0, 0.1) is 0 Å². The number of hydrogen-bond acceptors (Lipinski definition) is 2. The van der Waals surface area contributed by atoms with E-state index in [1.165, 1.54) is 0 Å². The molecule has 1 rings (SSSR count). The van der Waals surface area contributed by atoms with Crippen LogP contribution in [0.1, 0.15) is 6.42 Å². The predicted octanol–water partition coefficient (Wildman–Crippen LogP) is 1.83. The number of amides is 1. The zero-order valence-electron chi connectivity index (χ0n) is 7.40. The third-order valence-electron chi connectivity index (χ3n) is 1.73.